The molecule has 114 valence electrons. The van der Waals surface area contributed by atoms with Crippen LogP contribution in [0, 0.1) is 0 Å². The van der Waals surface area contributed by atoms with Gasteiger partial charge >= 0.3 is 0 Å². The average molecular weight is 314 g/mol. The Bertz CT molecular complexity index is 648. The lowest BCUT2D eigenvalue weighted by Crippen LogP contribution is -2.29. The molecule has 1 aliphatic heterocycles. The predicted octanol–water partition coefficient (Wildman–Crippen LogP) is 3.10. The van der Waals surface area contributed by atoms with Crippen LogP contribution >= 0.6 is 11.8 Å². The van der Waals surface area contributed by atoms with Crippen LogP contribution in [0.2, 0.25) is 0 Å². The predicted molar refractivity (Wildman–Crippen MR) is 86.6 cm³/mol. The average Bonchev–Trinajstić information content (AvgIpc) is 2.81. The van der Waals surface area contributed by atoms with E-state index in [1.165, 1.54) is 0 Å². The van der Waals surface area contributed by atoms with Gasteiger partial charge in [0.05, 0.1) is 5.03 Å². The number of aliphatic hydroxyl groups is 1. The summed E-state index contributed by atoms with van der Waals surface area (Å²) in [7, 11) is 0. The van der Waals surface area contributed by atoms with Gasteiger partial charge in [-0.3, -0.25) is 4.79 Å². The molecule has 0 saturated carbocycles. The fraction of sp³-hybridized carbons (Fsp3) is 0.294. The van der Waals surface area contributed by atoms with Crippen LogP contribution in [0.1, 0.15) is 35.0 Å². The SMILES string of the molecule is O=C1c2ccccc2C(O)N1CCCCSc1ccccn1. The first-order valence-electron chi connectivity index (χ1n) is 7.39. The molecule has 0 radical (unpaired) electrons. The van der Waals surface area contributed by atoms with Gasteiger partial charge in [0.1, 0.15) is 0 Å². The summed E-state index contributed by atoms with van der Waals surface area (Å²) in [4.78, 5) is 18.1. The van der Waals surface area contributed by atoms with Gasteiger partial charge in [0.2, 0.25) is 0 Å². The Balaban J connectivity index is 1.46. The molecule has 3 rings (SSSR count). The largest absolute Gasteiger partial charge is 0.369 e. The number of rotatable bonds is 6. The second-order valence-electron chi connectivity index (χ2n) is 5.18. The van der Waals surface area contributed by atoms with Crippen LogP contribution in [0.3, 0.4) is 0 Å². The summed E-state index contributed by atoms with van der Waals surface area (Å²) in [5.41, 5.74) is 1.34. The summed E-state index contributed by atoms with van der Waals surface area (Å²) < 4.78 is 0. The molecule has 1 aromatic carbocycles. The third-order valence-corrected chi connectivity index (χ3v) is 4.74. The number of fused-ring (bicyclic) bond motifs is 1. The number of carbonyl (C=O) groups excluding carboxylic acids is 1. The zero-order chi connectivity index (χ0) is 15.4. The van der Waals surface area contributed by atoms with E-state index in [0.717, 1.165) is 29.2 Å². The van der Waals surface area contributed by atoms with E-state index in [2.05, 4.69) is 4.98 Å². The van der Waals surface area contributed by atoms with Crippen LogP contribution in [0.15, 0.2) is 53.7 Å². The summed E-state index contributed by atoms with van der Waals surface area (Å²) in [5.74, 6) is 0.891. The fourth-order valence-corrected chi connectivity index (χ4v) is 3.44. The van der Waals surface area contributed by atoms with E-state index >= 15 is 0 Å². The number of aromatic nitrogens is 1. The van der Waals surface area contributed by atoms with E-state index in [0.29, 0.717) is 12.1 Å². The highest BCUT2D eigenvalue weighted by Gasteiger charge is 2.34. The third kappa shape index (κ3) is 3.15. The molecule has 5 heteroatoms. The first kappa shape index (κ1) is 15.1. The lowest BCUT2D eigenvalue weighted by Gasteiger charge is -2.20. The maximum Gasteiger partial charge on any atom is 0.256 e. The van der Waals surface area contributed by atoms with Crippen LogP contribution in [0.25, 0.3) is 0 Å². The Kier molecular flexibility index (Phi) is 4.75. The minimum atomic E-state index is -0.799. The van der Waals surface area contributed by atoms with Gasteiger partial charge in [-0.1, -0.05) is 24.3 Å². The van der Waals surface area contributed by atoms with Gasteiger partial charge in [0.15, 0.2) is 6.23 Å². The minimum Gasteiger partial charge on any atom is -0.369 e. The van der Waals surface area contributed by atoms with Gasteiger partial charge in [0, 0.05) is 23.9 Å². The molecule has 1 atom stereocenters. The molecule has 0 saturated heterocycles. The summed E-state index contributed by atoms with van der Waals surface area (Å²) in [6.07, 6.45) is 2.84. The molecule has 1 N–H and O–H groups in total. The number of amides is 1. The zero-order valence-electron chi connectivity index (χ0n) is 12.2. The molecule has 0 fully saturated rings. The number of pyridine rings is 1. The molecule has 0 aliphatic carbocycles. The van der Waals surface area contributed by atoms with Crippen molar-refractivity contribution in [3.05, 3.63) is 59.8 Å². The first-order valence-corrected chi connectivity index (χ1v) is 8.38. The van der Waals surface area contributed by atoms with Crippen LogP contribution in [0.5, 0.6) is 0 Å². The highest BCUT2D eigenvalue weighted by atomic mass is 32.2. The molecule has 1 aromatic heterocycles. The summed E-state index contributed by atoms with van der Waals surface area (Å²) >= 11 is 1.71. The standard InChI is InChI=1S/C17H18N2O2S/c20-16-13-7-1-2-8-14(13)17(21)19(16)11-5-6-12-22-15-9-3-4-10-18-15/h1-4,7-10,16,20H,5-6,11-12H2. The van der Waals surface area contributed by atoms with Crippen LogP contribution in [-0.2, 0) is 0 Å². The number of unbranched alkanes of at least 4 members (excludes halogenated alkanes) is 1. The number of hydrogen-bond donors (Lipinski definition) is 1. The van der Waals surface area contributed by atoms with Crippen LogP contribution in [-0.4, -0.2) is 33.2 Å². The first-order chi connectivity index (χ1) is 10.8. The van der Waals surface area contributed by atoms with E-state index in [1.54, 1.807) is 28.9 Å². The van der Waals surface area contributed by atoms with Crippen molar-refractivity contribution in [2.75, 3.05) is 12.3 Å². The Morgan fingerprint density at radius 2 is 1.95 bits per heavy atom. The maximum atomic E-state index is 12.2. The van der Waals surface area contributed by atoms with Gasteiger partial charge in [-0.25, -0.2) is 4.98 Å². The molecule has 0 spiro atoms. The maximum absolute atomic E-state index is 12.2. The smallest absolute Gasteiger partial charge is 0.256 e. The number of thioether (sulfide) groups is 1. The molecular weight excluding hydrogens is 296 g/mol. The zero-order valence-corrected chi connectivity index (χ0v) is 13.0. The van der Waals surface area contributed by atoms with Gasteiger partial charge in [0.25, 0.3) is 5.91 Å². The molecule has 1 unspecified atom stereocenters. The van der Waals surface area contributed by atoms with Crippen molar-refractivity contribution in [2.45, 2.75) is 24.1 Å². The number of benzene rings is 1. The normalized spacial score (nSPS) is 16.9. The van der Waals surface area contributed by atoms with Gasteiger partial charge in [-0.2, -0.15) is 0 Å². The highest BCUT2D eigenvalue weighted by Crippen LogP contribution is 2.31. The molecule has 1 amide bonds. The van der Waals surface area contributed by atoms with Crippen LogP contribution in [0.4, 0.5) is 0 Å². The molecule has 4 nitrogen and oxygen atoms in total. The monoisotopic (exact) mass is 314 g/mol. The number of hydrogen-bond acceptors (Lipinski definition) is 4. The summed E-state index contributed by atoms with van der Waals surface area (Å²) in [6, 6.07) is 13.1. The Morgan fingerprint density at radius 3 is 2.73 bits per heavy atom. The topological polar surface area (TPSA) is 53.4 Å². The van der Waals surface area contributed by atoms with Crippen molar-refractivity contribution in [3.63, 3.8) is 0 Å². The van der Waals surface area contributed by atoms with E-state index in [1.807, 2.05) is 36.4 Å². The lowest BCUT2D eigenvalue weighted by molar-refractivity contribution is 0.0172. The number of aliphatic hydroxyl groups excluding tert-OH is 1. The van der Waals surface area contributed by atoms with Crippen molar-refractivity contribution in [2.24, 2.45) is 0 Å². The van der Waals surface area contributed by atoms with E-state index in [9.17, 15) is 9.90 Å². The molecule has 0 bridgehead atoms. The van der Waals surface area contributed by atoms with Crippen molar-refractivity contribution in [3.8, 4) is 0 Å². The lowest BCUT2D eigenvalue weighted by atomic mass is 10.1. The van der Waals surface area contributed by atoms with E-state index < -0.39 is 6.23 Å². The quantitative estimate of drug-likeness (QED) is 0.657. The summed E-state index contributed by atoms with van der Waals surface area (Å²) in [5, 5.41) is 11.3. The molecule has 2 aromatic rings. The number of carbonyl (C=O) groups is 1. The van der Waals surface area contributed by atoms with Crippen molar-refractivity contribution >= 4 is 17.7 Å². The van der Waals surface area contributed by atoms with Crippen molar-refractivity contribution in [1.29, 1.82) is 0 Å². The molecule has 1 aliphatic rings. The van der Waals surface area contributed by atoms with Gasteiger partial charge in [-0.15, -0.1) is 11.8 Å². The van der Waals surface area contributed by atoms with Crippen molar-refractivity contribution < 1.29 is 9.90 Å². The van der Waals surface area contributed by atoms with E-state index in [-0.39, 0.29) is 5.91 Å². The molecular formula is C17H18N2O2S. The van der Waals surface area contributed by atoms with Crippen LogP contribution < -0.4 is 0 Å². The van der Waals surface area contributed by atoms with Crippen molar-refractivity contribution in [1.82, 2.24) is 9.88 Å². The van der Waals surface area contributed by atoms with Gasteiger partial charge < -0.3 is 10.0 Å². The number of nitrogens with zero attached hydrogens (tertiary/aromatic N) is 2. The summed E-state index contributed by atoms with van der Waals surface area (Å²) in [6.45, 7) is 0.581. The second-order valence-corrected chi connectivity index (χ2v) is 6.30. The molecule has 2 heterocycles. The minimum absolute atomic E-state index is 0.0690. The Hall–Kier alpha value is -1.85. The Labute approximate surface area is 134 Å². The highest BCUT2D eigenvalue weighted by molar-refractivity contribution is 7.99. The fourth-order valence-electron chi connectivity index (χ4n) is 2.57. The van der Waals surface area contributed by atoms with Gasteiger partial charge in [-0.05, 0) is 36.8 Å². The second kappa shape index (κ2) is 6.94. The molecule has 22 heavy (non-hydrogen) atoms. The third-order valence-electron chi connectivity index (χ3n) is 3.71. The Morgan fingerprint density at radius 1 is 1.14 bits per heavy atom. The van der Waals surface area contributed by atoms with E-state index in [4.69, 9.17) is 0 Å².